The molecule has 0 aliphatic carbocycles. The Morgan fingerprint density at radius 2 is 0.620 bits per heavy atom. The molecule has 0 aromatic heterocycles. The predicted octanol–water partition coefficient (Wildman–Crippen LogP) is 13.6. The van der Waals surface area contributed by atoms with Crippen LogP contribution in [0.2, 0.25) is 0 Å². The third kappa shape index (κ3) is 9.29. The van der Waals surface area contributed by atoms with Crippen LogP contribution in [-0.2, 0) is 10.8 Å². The first kappa shape index (κ1) is 36.6. The van der Waals surface area contributed by atoms with Gasteiger partial charge in [-0.25, -0.2) is 0 Å². The van der Waals surface area contributed by atoms with Gasteiger partial charge < -0.3 is 20.4 Å². The molecule has 5 aromatic rings. The van der Waals surface area contributed by atoms with Crippen LogP contribution in [0, 0.1) is 0 Å². The number of hydrogen-bond donors (Lipinski definition) is 2. The predicted molar refractivity (Wildman–Crippen MR) is 220 cm³/mol. The Kier molecular flexibility index (Phi) is 12.0. The van der Waals surface area contributed by atoms with Crippen LogP contribution >= 0.6 is 0 Å². The summed E-state index contributed by atoms with van der Waals surface area (Å²) in [7, 11) is 0. The van der Waals surface area contributed by atoms with Crippen molar-refractivity contribution in [2.75, 3.05) is 33.5 Å². The van der Waals surface area contributed by atoms with Crippen LogP contribution in [0.5, 0.6) is 0 Å². The summed E-state index contributed by atoms with van der Waals surface area (Å²) in [6, 6.07) is 44.7. The van der Waals surface area contributed by atoms with Gasteiger partial charge in [0.1, 0.15) is 0 Å². The molecule has 2 N–H and O–H groups in total. The van der Waals surface area contributed by atoms with Crippen LogP contribution < -0.4 is 20.4 Å². The lowest BCUT2D eigenvalue weighted by atomic mass is 9.87. The molecule has 0 fully saturated rings. The van der Waals surface area contributed by atoms with Gasteiger partial charge in [-0.3, -0.25) is 0 Å². The van der Waals surface area contributed by atoms with E-state index in [4.69, 9.17) is 0 Å². The number of benzene rings is 5. The van der Waals surface area contributed by atoms with Gasteiger partial charge in [-0.2, -0.15) is 0 Å². The van der Waals surface area contributed by atoms with Crippen molar-refractivity contribution in [2.24, 2.45) is 0 Å². The highest BCUT2D eigenvalue weighted by molar-refractivity contribution is 5.82. The molecule has 0 saturated heterocycles. The minimum absolute atomic E-state index is 0.0924. The minimum atomic E-state index is 0.0924. The van der Waals surface area contributed by atoms with Crippen molar-refractivity contribution in [3.63, 3.8) is 0 Å². The summed E-state index contributed by atoms with van der Waals surface area (Å²) in [6.45, 7) is 20.0. The van der Waals surface area contributed by atoms with E-state index in [9.17, 15) is 0 Å². The number of hydrogen-bond acceptors (Lipinski definition) is 4. The number of unbranched alkanes of at least 4 members (excludes halogenated alkanes) is 2. The van der Waals surface area contributed by atoms with Gasteiger partial charge in [0.15, 0.2) is 0 Å². The summed E-state index contributed by atoms with van der Waals surface area (Å²) in [4.78, 5) is 4.70. The molecule has 262 valence electrons. The van der Waals surface area contributed by atoms with Gasteiger partial charge in [0.25, 0.3) is 0 Å². The fourth-order valence-corrected chi connectivity index (χ4v) is 6.14. The van der Waals surface area contributed by atoms with Crippen LogP contribution in [0.1, 0.15) is 92.2 Å². The molecule has 4 heteroatoms. The molecule has 0 heterocycles. The quantitative estimate of drug-likeness (QED) is 0.115. The van der Waals surface area contributed by atoms with Crippen molar-refractivity contribution in [3.8, 4) is 0 Å². The fourth-order valence-electron chi connectivity index (χ4n) is 6.14. The van der Waals surface area contributed by atoms with Crippen molar-refractivity contribution < 1.29 is 0 Å². The first-order chi connectivity index (χ1) is 24.0. The molecule has 0 atom stereocenters. The number of nitrogens with zero attached hydrogens (tertiary/aromatic N) is 2. The third-order valence-corrected chi connectivity index (χ3v) is 9.32. The molecule has 0 radical (unpaired) electrons. The second-order valence-electron chi connectivity index (χ2n) is 15.4. The van der Waals surface area contributed by atoms with E-state index in [-0.39, 0.29) is 10.8 Å². The molecular weight excluding hydrogens is 609 g/mol. The molecule has 0 bridgehead atoms. The molecular formula is C46H58N4. The lowest BCUT2D eigenvalue weighted by Crippen LogP contribution is -2.14. The zero-order valence-corrected chi connectivity index (χ0v) is 31.7. The summed E-state index contributed by atoms with van der Waals surface area (Å²) in [6.07, 6.45) is 4.69. The van der Waals surface area contributed by atoms with Crippen molar-refractivity contribution in [1.29, 1.82) is 0 Å². The van der Waals surface area contributed by atoms with E-state index in [1.165, 1.54) is 24.0 Å². The van der Waals surface area contributed by atoms with Crippen molar-refractivity contribution in [1.82, 2.24) is 0 Å². The Morgan fingerprint density at radius 3 is 0.860 bits per heavy atom. The first-order valence-corrected chi connectivity index (χ1v) is 18.6. The lowest BCUT2D eigenvalue weighted by Gasteiger charge is -2.29. The molecule has 0 spiro atoms. The average molecular weight is 667 g/mol. The van der Waals surface area contributed by atoms with E-state index in [0.29, 0.717) is 0 Å². The fraction of sp³-hybridized carbons (Fsp3) is 0.348. The first-order valence-electron chi connectivity index (χ1n) is 18.6. The van der Waals surface area contributed by atoms with Crippen LogP contribution in [0.3, 0.4) is 0 Å². The maximum Gasteiger partial charge on any atom is 0.0463 e. The molecule has 50 heavy (non-hydrogen) atoms. The Morgan fingerprint density at radius 1 is 0.380 bits per heavy atom. The van der Waals surface area contributed by atoms with Crippen LogP contribution in [0.25, 0.3) is 0 Å². The van der Waals surface area contributed by atoms with E-state index in [0.717, 1.165) is 71.4 Å². The van der Waals surface area contributed by atoms with Gasteiger partial charge in [0, 0.05) is 58.6 Å². The van der Waals surface area contributed by atoms with Crippen molar-refractivity contribution >= 4 is 45.5 Å². The zero-order chi connectivity index (χ0) is 35.7. The number of rotatable bonds is 14. The van der Waals surface area contributed by atoms with Gasteiger partial charge in [-0.05, 0) is 132 Å². The SMILES string of the molecule is CCCCNc1ccc(N(c2ccc(N(c3ccc(NCCCC)cc3)c3ccc(C(C)(C)C)cc3)cc2)c2ccc(C(C)(C)C)cc2)cc1. The minimum Gasteiger partial charge on any atom is -0.385 e. The van der Waals surface area contributed by atoms with Crippen molar-refractivity contribution in [3.05, 3.63) is 132 Å². The van der Waals surface area contributed by atoms with Crippen molar-refractivity contribution in [2.45, 2.75) is 91.9 Å². The maximum absolute atomic E-state index is 3.57. The summed E-state index contributed by atoms with van der Waals surface area (Å²) >= 11 is 0. The normalized spacial score (nSPS) is 11.7. The number of anilines is 8. The highest BCUT2D eigenvalue weighted by Crippen LogP contribution is 2.40. The highest BCUT2D eigenvalue weighted by Gasteiger charge is 2.19. The summed E-state index contributed by atoms with van der Waals surface area (Å²) in [5, 5.41) is 7.13. The molecule has 4 nitrogen and oxygen atoms in total. The van der Waals surface area contributed by atoms with E-state index < -0.39 is 0 Å². The summed E-state index contributed by atoms with van der Waals surface area (Å²) in [5.41, 5.74) is 11.9. The molecule has 0 saturated carbocycles. The van der Waals surface area contributed by atoms with E-state index in [1.54, 1.807) is 0 Å². The van der Waals surface area contributed by atoms with Crippen LogP contribution in [0.4, 0.5) is 45.5 Å². The van der Waals surface area contributed by atoms with E-state index >= 15 is 0 Å². The smallest absolute Gasteiger partial charge is 0.0463 e. The molecule has 5 rings (SSSR count). The molecule has 0 amide bonds. The monoisotopic (exact) mass is 666 g/mol. The Balaban J connectivity index is 1.52. The highest BCUT2D eigenvalue weighted by atomic mass is 15.2. The van der Waals surface area contributed by atoms with Gasteiger partial charge in [0.2, 0.25) is 0 Å². The number of nitrogens with one attached hydrogen (secondary N) is 2. The summed E-state index contributed by atoms with van der Waals surface area (Å²) in [5.74, 6) is 0. The molecule has 5 aromatic carbocycles. The third-order valence-electron chi connectivity index (χ3n) is 9.32. The molecule has 0 unspecified atom stereocenters. The standard InChI is InChI=1S/C46H58N4/c1-9-11-33-47-37-17-25-41(26-18-37)49(39-21-13-35(14-22-39)45(3,4)5)43-29-31-44(32-30-43)50(40-23-15-36(16-24-40)46(6,7)8)42-27-19-38(20-28-42)48-34-12-10-2/h13-32,47-48H,9-12,33-34H2,1-8H3. The second kappa shape index (κ2) is 16.3. The topological polar surface area (TPSA) is 30.5 Å². The van der Waals surface area contributed by atoms with Gasteiger partial charge in [0.05, 0.1) is 0 Å². The summed E-state index contributed by atoms with van der Waals surface area (Å²) < 4.78 is 0. The lowest BCUT2D eigenvalue weighted by molar-refractivity contribution is 0.590. The van der Waals surface area contributed by atoms with E-state index in [1.807, 2.05) is 0 Å². The Labute approximate surface area is 302 Å². The second-order valence-corrected chi connectivity index (χ2v) is 15.4. The largest absolute Gasteiger partial charge is 0.385 e. The van der Waals surface area contributed by atoms with Gasteiger partial charge >= 0.3 is 0 Å². The Hall–Kier alpha value is -4.70. The molecule has 0 aliphatic rings. The van der Waals surface area contributed by atoms with Crippen LogP contribution in [0.15, 0.2) is 121 Å². The zero-order valence-electron chi connectivity index (χ0n) is 31.7. The average Bonchev–Trinajstić information content (AvgIpc) is 3.10. The molecule has 0 aliphatic heterocycles. The maximum atomic E-state index is 3.57. The van der Waals surface area contributed by atoms with Gasteiger partial charge in [-0.15, -0.1) is 0 Å². The Bertz CT molecular complexity index is 1610. The van der Waals surface area contributed by atoms with Crippen LogP contribution in [-0.4, -0.2) is 13.1 Å². The van der Waals surface area contributed by atoms with Gasteiger partial charge in [-0.1, -0.05) is 92.5 Å². The van der Waals surface area contributed by atoms with E-state index in [2.05, 4.69) is 197 Å².